The molecule has 4 aromatic rings. The number of hydrogen-bond acceptors (Lipinski definition) is 4. The molecule has 0 saturated carbocycles. The minimum atomic E-state index is -2.01. The van der Waals surface area contributed by atoms with Gasteiger partial charge < -0.3 is 26.6 Å². The van der Waals surface area contributed by atoms with Gasteiger partial charge in [-0.2, -0.15) is 0 Å². The van der Waals surface area contributed by atoms with Gasteiger partial charge in [-0.05, 0) is 73.9 Å². The molecule has 0 N–H and O–H groups in total. The maximum atomic E-state index is 12.3. The molecule has 0 bridgehead atoms. The Hall–Kier alpha value is -3.33. The lowest BCUT2D eigenvalue weighted by molar-refractivity contribution is -0.143. The van der Waals surface area contributed by atoms with E-state index in [9.17, 15) is 4.79 Å². The van der Waals surface area contributed by atoms with Crippen LogP contribution in [0.25, 0.3) is 11.1 Å². The number of hydrogen-bond donors (Lipinski definition) is 0. The zero-order valence-electron chi connectivity index (χ0n) is 23.0. The molecule has 0 heterocycles. The first kappa shape index (κ1) is 30.2. The molecule has 0 aliphatic heterocycles. The summed E-state index contributed by atoms with van der Waals surface area (Å²) in [6, 6.07) is 34.3. The summed E-state index contributed by atoms with van der Waals surface area (Å²) in [5.41, 5.74) is 3.21. The summed E-state index contributed by atoms with van der Waals surface area (Å²) in [5.74, 6) is 1.15. The molecule has 0 spiro atoms. The van der Waals surface area contributed by atoms with Gasteiger partial charge >= 0.3 is 5.97 Å². The zero-order valence-corrected chi connectivity index (χ0v) is 24.7. The second kappa shape index (κ2) is 14.2. The van der Waals surface area contributed by atoms with Gasteiger partial charge in [-0.25, -0.2) is 0 Å². The van der Waals surface area contributed by atoms with Crippen molar-refractivity contribution in [2.45, 2.75) is 26.7 Å². The van der Waals surface area contributed by atoms with E-state index in [0.717, 1.165) is 16.7 Å². The van der Waals surface area contributed by atoms with E-state index in [4.69, 9.17) is 14.2 Å². The summed E-state index contributed by atoms with van der Waals surface area (Å²) in [4.78, 5) is 12.3. The van der Waals surface area contributed by atoms with Crippen molar-refractivity contribution in [3.63, 3.8) is 0 Å². The van der Waals surface area contributed by atoms with Gasteiger partial charge in [-0.15, -0.1) is 0 Å². The molecule has 4 aromatic carbocycles. The summed E-state index contributed by atoms with van der Waals surface area (Å²) < 4.78 is 16.9. The van der Waals surface area contributed by atoms with E-state index in [1.54, 1.807) is 7.11 Å². The van der Waals surface area contributed by atoms with Crippen molar-refractivity contribution in [2.75, 3.05) is 27.0 Å². The van der Waals surface area contributed by atoms with Crippen LogP contribution in [0.3, 0.4) is 0 Å². The Kier molecular flexibility index (Phi) is 11.0. The van der Waals surface area contributed by atoms with Crippen LogP contribution in [0.1, 0.15) is 25.8 Å². The van der Waals surface area contributed by atoms with E-state index in [0.29, 0.717) is 37.6 Å². The van der Waals surface area contributed by atoms with E-state index in [-0.39, 0.29) is 18.4 Å². The van der Waals surface area contributed by atoms with Crippen LogP contribution in [-0.4, -0.2) is 33.0 Å². The van der Waals surface area contributed by atoms with Gasteiger partial charge in [0.05, 0.1) is 27.0 Å². The van der Waals surface area contributed by atoms with E-state index in [2.05, 4.69) is 97.7 Å². The number of esters is 1. The van der Waals surface area contributed by atoms with Crippen molar-refractivity contribution in [1.82, 2.24) is 0 Å². The lowest BCUT2D eigenvalue weighted by Gasteiger charge is -2.26. The van der Waals surface area contributed by atoms with Gasteiger partial charge in [0, 0.05) is 12.0 Å². The minimum absolute atomic E-state index is 0. The molecule has 0 radical (unpaired) electrons. The predicted molar refractivity (Wildman–Crippen MR) is 159 cm³/mol. The van der Waals surface area contributed by atoms with Crippen molar-refractivity contribution < 1.29 is 31.4 Å². The molecule has 0 aliphatic rings. The number of aryl methyl sites for hydroxylation is 1. The molecular formula is C33H36ClO4P. The normalized spacial score (nSPS) is 10.9. The van der Waals surface area contributed by atoms with Gasteiger partial charge in [0.25, 0.3) is 0 Å². The van der Waals surface area contributed by atoms with E-state index in [1.165, 1.54) is 15.9 Å². The molecule has 4 rings (SSSR count). The Balaban J connectivity index is 0.00000420. The molecule has 0 saturated heterocycles. The highest BCUT2D eigenvalue weighted by Crippen LogP contribution is 2.54. The number of benzene rings is 4. The SMILES string of the molecule is CCOC(=O)CCc1cc(OC)c(OCC)cc1-c1ccccc1[P+](C)(c1ccccc1)c1ccccc1.[Cl-]. The van der Waals surface area contributed by atoms with Crippen molar-refractivity contribution >= 4 is 29.1 Å². The van der Waals surface area contributed by atoms with Crippen molar-refractivity contribution in [2.24, 2.45) is 0 Å². The largest absolute Gasteiger partial charge is 1.00 e. The maximum Gasteiger partial charge on any atom is 0.306 e. The summed E-state index contributed by atoms with van der Waals surface area (Å²) in [6.07, 6.45) is 0.834. The molecule has 204 valence electrons. The van der Waals surface area contributed by atoms with E-state index >= 15 is 0 Å². The molecule has 0 fully saturated rings. The summed E-state index contributed by atoms with van der Waals surface area (Å²) >= 11 is 0. The highest BCUT2D eigenvalue weighted by Gasteiger charge is 2.42. The van der Waals surface area contributed by atoms with Gasteiger partial charge in [-0.3, -0.25) is 4.79 Å². The van der Waals surface area contributed by atoms with Crippen LogP contribution in [-0.2, 0) is 16.0 Å². The summed E-state index contributed by atoms with van der Waals surface area (Å²) in [5, 5.41) is 3.90. The molecule has 6 heteroatoms. The Morgan fingerprint density at radius 2 is 1.33 bits per heavy atom. The van der Waals surface area contributed by atoms with Gasteiger partial charge in [-0.1, -0.05) is 54.6 Å². The number of rotatable bonds is 11. The summed E-state index contributed by atoms with van der Waals surface area (Å²) in [7, 11) is -0.364. The van der Waals surface area contributed by atoms with Gasteiger partial charge in [0.2, 0.25) is 0 Å². The first-order valence-electron chi connectivity index (χ1n) is 13.1. The van der Waals surface area contributed by atoms with Crippen LogP contribution in [0.4, 0.5) is 0 Å². The lowest BCUT2D eigenvalue weighted by Crippen LogP contribution is -3.00. The molecule has 0 aliphatic carbocycles. The second-order valence-electron chi connectivity index (χ2n) is 9.09. The van der Waals surface area contributed by atoms with Crippen molar-refractivity contribution in [3.8, 4) is 22.6 Å². The number of carbonyl (C=O) groups excluding carboxylic acids is 1. The standard InChI is InChI=1S/C33H36O4P.ClH/c1-5-36-31-24-29(25(23-30(31)35-3)21-22-33(34)37-6-2)28-19-13-14-20-32(28)38(4,26-15-9-7-10-16-26)27-17-11-8-12-18-27;/h7-20,23-24H,5-6,21-22H2,1-4H3;1H/q+1;/p-1. The van der Waals surface area contributed by atoms with Gasteiger partial charge in [0.15, 0.2) is 11.5 Å². The lowest BCUT2D eigenvalue weighted by atomic mass is 9.95. The predicted octanol–water partition coefficient (Wildman–Crippen LogP) is 3.18. The third kappa shape index (κ3) is 6.64. The number of halogens is 1. The van der Waals surface area contributed by atoms with Crippen LogP contribution in [0.2, 0.25) is 0 Å². The number of ether oxygens (including phenoxy) is 3. The van der Waals surface area contributed by atoms with Gasteiger partial charge in [0.1, 0.15) is 23.2 Å². The molecule has 0 atom stereocenters. The molecule has 0 amide bonds. The molecule has 0 unspecified atom stereocenters. The fraction of sp³-hybridized carbons (Fsp3) is 0.242. The highest BCUT2D eigenvalue weighted by atomic mass is 35.5. The molecular weight excluding hydrogens is 527 g/mol. The topological polar surface area (TPSA) is 44.8 Å². The quantitative estimate of drug-likeness (QED) is 0.208. The Morgan fingerprint density at radius 3 is 1.90 bits per heavy atom. The second-order valence-corrected chi connectivity index (χ2v) is 12.6. The number of methoxy groups -OCH3 is 1. The molecule has 0 aromatic heterocycles. The van der Waals surface area contributed by atoms with Crippen LogP contribution in [0.15, 0.2) is 97.1 Å². The zero-order chi connectivity index (χ0) is 27.0. The van der Waals surface area contributed by atoms with Crippen LogP contribution in [0, 0.1) is 0 Å². The van der Waals surface area contributed by atoms with Crippen molar-refractivity contribution in [1.29, 1.82) is 0 Å². The third-order valence-corrected chi connectivity index (χ3v) is 10.8. The van der Waals surface area contributed by atoms with E-state index in [1.807, 2.05) is 19.9 Å². The molecule has 39 heavy (non-hydrogen) atoms. The number of carbonyl (C=O) groups is 1. The third-order valence-electron chi connectivity index (χ3n) is 6.81. The average Bonchev–Trinajstić information content (AvgIpc) is 2.97. The van der Waals surface area contributed by atoms with Crippen LogP contribution < -0.4 is 37.8 Å². The smallest absolute Gasteiger partial charge is 0.306 e. The first-order chi connectivity index (χ1) is 18.5. The van der Waals surface area contributed by atoms with Crippen LogP contribution in [0.5, 0.6) is 11.5 Å². The van der Waals surface area contributed by atoms with E-state index < -0.39 is 7.26 Å². The fourth-order valence-electron chi connectivity index (χ4n) is 4.93. The average molecular weight is 563 g/mol. The Bertz CT molecular complexity index is 1320. The minimum Gasteiger partial charge on any atom is -1.00 e. The fourth-order valence-corrected chi connectivity index (χ4v) is 8.38. The maximum absolute atomic E-state index is 12.3. The monoisotopic (exact) mass is 562 g/mol. The van der Waals surface area contributed by atoms with Crippen LogP contribution >= 0.6 is 7.26 Å². The van der Waals surface area contributed by atoms with Crippen molar-refractivity contribution in [3.05, 3.63) is 103 Å². The summed E-state index contributed by atoms with van der Waals surface area (Å²) in [6.45, 7) is 7.09. The Morgan fingerprint density at radius 1 is 0.744 bits per heavy atom. The Labute approximate surface area is 239 Å². The first-order valence-corrected chi connectivity index (χ1v) is 15.3. The molecule has 4 nitrogen and oxygen atoms in total. The highest BCUT2D eigenvalue weighted by molar-refractivity contribution is 7.95.